The summed E-state index contributed by atoms with van der Waals surface area (Å²) in [5.41, 5.74) is -1.10. The number of carbonyl (C=O) groups is 2. The van der Waals surface area contributed by atoms with Crippen molar-refractivity contribution < 1.29 is 41.0 Å². The highest BCUT2D eigenvalue weighted by atomic mass is 32.2. The van der Waals surface area contributed by atoms with Crippen molar-refractivity contribution in [3.05, 3.63) is 93.9 Å². The Kier molecular flexibility index (Phi) is 14.0. The van der Waals surface area contributed by atoms with Gasteiger partial charge in [0.15, 0.2) is 0 Å². The minimum absolute atomic E-state index is 0.0621. The van der Waals surface area contributed by atoms with Crippen LogP contribution < -0.4 is 20.7 Å². The molecule has 0 radical (unpaired) electrons. The van der Waals surface area contributed by atoms with Gasteiger partial charge in [0.2, 0.25) is 15.9 Å². The number of hydrogen-bond acceptors (Lipinski definition) is 11. The molecule has 18 heteroatoms. The first-order valence-corrected chi connectivity index (χ1v) is 24.5. The van der Waals surface area contributed by atoms with Gasteiger partial charge in [0.05, 0.1) is 27.5 Å². The van der Waals surface area contributed by atoms with E-state index in [1.807, 2.05) is 47.6 Å². The van der Waals surface area contributed by atoms with Crippen LogP contribution >= 0.6 is 11.3 Å². The average Bonchev–Trinajstić information content (AvgIpc) is 4.00. The van der Waals surface area contributed by atoms with Crippen molar-refractivity contribution in [2.75, 3.05) is 5.32 Å². The SMILES string of the molecule is C=C[C@@H]1C[C@]1(NC(O)[C@@H]1CC(OC(=NC(C)C)NC2=C(C)C=CCC2(C)c2nc(C(C)C)cs2)=CN1C(=O)[C@@H](Nc1cccc(C(F)(F)F)c1)C(C)(C)CC)C(=O)NS(=O)(=O)C1(C)CC1. The summed E-state index contributed by atoms with van der Waals surface area (Å²) < 4.78 is 75.7. The Hall–Kier alpha value is -4.52. The lowest BCUT2D eigenvalue weighted by molar-refractivity contribution is -0.137. The largest absolute Gasteiger partial charge is 0.429 e. The number of allylic oxidation sites excluding steroid dienone is 4. The molecule has 0 saturated heterocycles. The highest BCUT2D eigenvalue weighted by Crippen LogP contribution is 2.48. The van der Waals surface area contributed by atoms with Crippen LogP contribution in [0.3, 0.4) is 0 Å². The molecule has 2 unspecified atom stereocenters. The van der Waals surface area contributed by atoms with Crippen molar-refractivity contribution in [2.45, 2.75) is 160 Å². The van der Waals surface area contributed by atoms with Crippen molar-refractivity contribution in [1.82, 2.24) is 25.2 Å². The third-order valence-corrected chi connectivity index (χ3v) is 16.6. The number of aliphatic hydroxyl groups excluding tert-OH is 1. The van der Waals surface area contributed by atoms with Crippen molar-refractivity contribution in [2.24, 2.45) is 16.3 Å². The van der Waals surface area contributed by atoms with Crippen LogP contribution in [-0.4, -0.2) is 75.9 Å². The van der Waals surface area contributed by atoms with Crippen LogP contribution in [0.25, 0.3) is 0 Å². The Morgan fingerprint density at radius 3 is 2.43 bits per heavy atom. The van der Waals surface area contributed by atoms with Gasteiger partial charge in [-0.3, -0.25) is 19.6 Å². The standard InChI is InChI=1S/C47H64F3N7O6S2/c1-12-30-24-46(30,40(60)56-65(61,62)44(10)20-21-44)55-38(58)35-23-33(25-57(35)39(59)37(43(8,9)13-2)52-32-18-14-17-31(22-32)47(48,49)50)63-42(51-28(5)6)54-36-29(7)16-15-19-45(36,11)41-53-34(26-64-41)27(3)4/h12,14-18,22,25-28,30,35,37-38,52,55,58H,1,13,19-21,23-24H2,2-11H3,(H,51,54)(H,56,60)/t30-,35+,37-,38?,45?,46-/m1/s1. The van der Waals surface area contributed by atoms with Crippen LogP contribution in [0.15, 0.2) is 82.7 Å². The van der Waals surface area contributed by atoms with E-state index in [0.717, 1.165) is 34.1 Å². The van der Waals surface area contributed by atoms with Crippen LogP contribution in [0.2, 0.25) is 0 Å². The van der Waals surface area contributed by atoms with Gasteiger partial charge < -0.3 is 25.4 Å². The topological polar surface area (TPSA) is 174 Å². The summed E-state index contributed by atoms with van der Waals surface area (Å²) in [5, 5.41) is 24.7. The maximum Gasteiger partial charge on any atom is 0.416 e. The van der Waals surface area contributed by atoms with Gasteiger partial charge in [0.1, 0.15) is 28.6 Å². The van der Waals surface area contributed by atoms with E-state index < -0.39 is 78.9 Å². The van der Waals surface area contributed by atoms with Gasteiger partial charge in [-0.2, -0.15) is 13.2 Å². The Bertz CT molecular complexity index is 2400. The Morgan fingerprint density at radius 1 is 1.17 bits per heavy atom. The number of halogens is 3. The molecule has 2 aromatic rings. The Morgan fingerprint density at radius 2 is 1.86 bits per heavy atom. The van der Waals surface area contributed by atoms with E-state index in [0.29, 0.717) is 25.7 Å². The van der Waals surface area contributed by atoms with Gasteiger partial charge in [-0.25, -0.2) is 18.4 Å². The maximum atomic E-state index is 15.1. The highest BCUT2D eigenvalue weighted by Gasteiger charge is 2.62. The van der Waals surface area contributed by atoms with Gasteiger partial charge in [0, 0.05) is 41.3 Å². The summed E-state index contributed by atoms with van der Waals surface area (Å²) in [4.78, 5) is 40.1. The minimum Gasteiger partial charge on any atom is -0.429 e. The second-order valence-electron chi connectivity index (χ2n) is 19.6. The molecule has 1 aromatic carbocycles. The smallest absolute Gasteiger partial charge is 0.416 e. The number of anilines is 1. The lowest BCUT2D eigenvalue weighted by Crippen LogP contribution is -2.60. The first-order chi connectivity index (χ1) is 30.2. The summed E-state index contributed by atoms with van der Waals surface area (Å²) in [6.45, 7) is 22.9. The van der Waals surface area contributed by atoms with Crippen molar-refractivity contribution in [1.29, 1.82) is 0 Å². The predicted molar refractivity (Wildman–Crippen MR) is 248 cm³/mol. The van der Waals surface area contributed by atoms with E-state index in [9.17, 15) is 31.5 Å². The zero-order valence-electron chi connectivity index (χ0n) is 38.9. The van der Waals surface area contributed by atoms with E-state index in [2.05, 4.69) is 59.5 Å². The molecule has 2 amide bonds. The third kappa shape index (κ3) is 10.4. The highest BCUT2D eigenvalue weighted by molar-refractivity contribution is 7.91. The quantitative estimate of drug-likeness (QED) is 0.0449. The lowest BCUT2D eigenvalue weighted by atomic mass is 9.78. The molecular weight excluding hydrogens is 880 g/mol. The van der Waals surface area contributed by atoms with Crippen LogP contribution in [0.1, 0.15) is 130 Å². The zero-order valence-corrected chi connectivity index (χ0v) is 40.5. The fourth-order valence-corrected chi connectivity index (χ4v) is 10.6. The summed E-state index contributed by atoms with van der Waals surface area (Å²) in [6, 6.07) is 2.16. The van der Waals surface area contributed by atoms with Gasteiger partial charge in [-0.15, -0.1) is 17.9 Å². The molecule has 6 rings (SSSR count). The fraction of sp³-hybridized carbons (Fsp3) is 0.574. The molecule has 13 nitrogen and oxygen atoms in total. The molecule has 0 bridgehead atoms. The van der Waals surface area contributed by atoms with E-state index in [-0.39, 0.29) is 42.3 Å². The monoisotopic (exact) mass is 943 g/mol. The number of amidine groups is 1. The number of aromatic nitrogens is 1. The predicted octanol–water partition coefficient (Wildman–Crippen LogP) is 8.36. The third-order valence-electron chi connectivity index (χ3n) is 13.3. The fourth-order valence-electron chi connectivity index (χ4n) is 8.15. The molecule has 1 aromatic heterocycles. The van der Waals surface area contributed by atoms with Crippen LogP contribution in [0.4, 0.5) is 18.9 Å². The number of nitrogens with zero attached hydrogens (tertiary/aromatic N) is 3. The van der Waals surface area contributed by atoms with Crippen molar-refractivity contribution in [3.8, 4) is 0 Å². The Labute approximate surface area is 385 Å². The zero-order chi connectivity index (χ0) is 48.1. The number of rotatable bonds is 17. The molecular formula is C47H64F3N7O6S2. The Balaban J connectivity index is 1.37. The van der Waals surface area contributed by atoms with E-state index in [4.69, 9.17) is 14.7 Å². The van der Waals surface area contributed by atoms with Crippen LogP contribution in [0.5, 0.6) is 0 Å². The molecule has 65 heavy (non-hydrogen) atoms. The van der Waals surface area contributed by atoms with Crippen LogP contribution in [0, 0.1) is 11.3 Å². The van der Waals surface area contributed by atoms with E-state index in [1.54, 1.807) is 18.3 Å². The van der Waals surface area contributed by atoms with Crippen molar-refractivity contribution >= 4 is 44.9 Å². The van der Waals surface area contributed by atoms with Crippen LogP contribution in [-0.2, 0) is 35.9 Å². The number of aliphatic imine (C=N–C) groups is 1. The summed E-state index contributed by atoms with van der Waals surface area (Å²) in [7, 11) is -4.05. The number of sulfonamides is 1. The molecule has 2 saturated carbocycles. The number of benzene rings is 1. The summed E-state index contributed by atoms with van der Waals surface area (Å²) in [5.74, 6) is -1.56. The molecule has 6 atom stereocenters. The molecule has 0 spiro atoms. The van der Waals surface area contributed by atoms with Gasteiger partial charge >= 0.3 is 6.18 Å². The second-order valence-corrected chi connectivity index (χ2v) is 22.6. The first kappa shape index (κ1) is 49.9. The number of carbonyl (C=O) groups excluding carboxylic acids is 2. The lowest BCUT2D eigenvalue weighted by Gasteiger charge is -2.39. The number of nitrogens with one attached hydrogen (secondary N) is 4. The number of thiazole rings is 1. The number of amides is 2. The summed E-state index contributed by atoms with van der Waals surface area (Å²) >= 11 is 1.58. The molecule has 2 fully saturated rings. The van der Waals surface area contributed by atoms with E-state index in [1.165, 1.54) is 29.3 Å². The van der Waals surface area contributed by atoms with Crippen molar-refractivity contribution in [3.63, 3.8) is 0 Å². The minimum atomic E-state index is -4.63. The number of aliphatic hydroxyl groups is 1. The van der Waals surface area contributed by atoms with E-state index >= 15 is 4.79 Å². The molecule has 4 aliphatic rings. The van der Waals surface area contributed by atoms with Gasteiger partial charge in [0.25, 0.3) is 11.9 Å². The molecule has 1 aliphatic heterocycles. The van der Waals surface area contributed by atoms with Gasteiger partial charge in [-0.1, -0.05) is 58.9 Å². The summed E-state index contributed by atoms with van der Waals surface area (Å²) in [6.07, 6.45) is 2.68. The van der Waals surface area contributed by atoms with Gasteiger partial charge in [-0.05, 0) is 102 Å². The molecule has 5 N–H and O–H groups in total. The molecule has 3 aliphatic carbocycles. The number of alkyl halides is 3. The molecule has 2 heterocycles. The average molecular weight is 944 g/mol. The number of ether oxygens (including phenoxy) is 1. The second kappa shape index (κ2) is 18.3. The normalized spacial score (nSPS) is 25.3. The molecule has 356 valence electrons. The first-order valence-electron chi connectivity index (χ1n) is 22.2. The maximum absolute atomic E-state index is 15.1. The number of hydrogen-bond donors (Lipinski definition) is 5.